The van der Waals surface area contributed by atoms with Crippen LogP contribution in [0, 0.1) is 6.92 Å². The summed E-state index contributed by atoms with van der Waals surface area (Å²) in [6.07, 6.45) is 0.112. The quantitative estimate of drug-likeness (QED) is 0.732. The number of hydrogen-bond donors (Lipinski definition) is 2. The molecule has 7 heteroatoms. The Morgan fingerprint density at radius 2 is 1.82 bits per heavy atom. The van der Waals surface area contributed by atoms with Gasteiger partial charge in [0.1, 0.15) is 5.75 Å². The molecular formula is C21H25N3O4. The number of hydrogen-bond acceptors (Lipinski definition) is 4. The lowest BCUT2D eigenvalue weighted by atomic mass is 10.1. The molecule has 0 bridgehead atoms. The molecule has 0 unspecified atom stereocenters. The van der Waals surface area contributed by atoms with Gasteiger partial charge in [-0.25, -0.2) is 0 Å². The van der Waals surface area contributed by atoms with Crippen LogP contribution in [0.1, 0.15) is 22.3 Å². The third-order valence-corrected chi connectivity index (χ3v) is 4.17. The highest BCUT2D eigenvalue weighted by Crippen LogP contribution is 2.16. The van der Waals surface area contributed by atoms with Gasteiger partial charge in [-0.05, 0) is 30.7 Å². The molecule has 0 atom stereocenters. The fourth-order valence-corrected chi connectivity index (χ4v) is 2.60. The minimum absolute atomic E-state index is 0.0816. The van der Waals surface area contributed by atoms with E-state index in [-0.39, 0.29) is 37.2 Å². The predicted molar refractivity (Wildman–Crippen MR) is 107 cm³/mol. The zero-order valence-electron chi connectivity index (χ0n) is 16.3. The van der Waals surface area contributed by atoms with Gasteiger partial charge in [0.05, 0.1) is 13.7 Å². The summed E-state index contributed by atoms with van der Waals surface area (Å²) in [5, 5.41) is 5.45. The summed E-state index contributed by atoms with van der Waals surface area (Å²) in [5.74, 6) is -0.130. The summed E-state index contributed by atoms with van der Waals surface area (Å²) in [6.45, 7) is 1.98. The smallest absolute Gasteiger partial charge is 0.251 e. The first-order chi connectivity index (χ1) is 13.4. The molecule has 0 radical (unpaired) electrons. The van der Waals surface area contributed by atoms with Gasteiger partial charge in [0, 0.05) is 37.3 Å². The maximum absolute atomic E-state index is 12.2. The van der Waals surface area contributed by atoms with Crippen molar-refractivity contribution in [1.29, 1.82) is 0 Å². The van der Waals surface area contributed by atoms with Crippen LogP contribution in [0.15, 0.2) is 48.5 Å². The molecule has 2 aromatic rings. The van der Waals surface area contributed by atoms with Gasteiger partial charge >= 0.3 is 0 Å². The van der Waals surface area contributed by atoms with Crippen LogP contribution < -0.4 is 15.4 Å². The summed E-state index contributed by atoms with van der Waals surface area (Å²) in [4.78, 5) is 37.8. The van der Waals surface area contributed by atoms with Crippen LogP contribution in [0.3, 0.4) is 0 Å². The van der Waals surface area contributed by atoms with Crippen molar-refractivity contribution < 1.29 is 19.1 Å². The number of nitrogens with one attached hydrogen (secondary N) is 2. The van der Waals surface area contributed by atoms with Crippen molar-refractivity contribution in [3.8, 4) is 5.75 Å². The maximum Gasteiger partial charge on any atom is 0.251 e. The molecule has 7 nitrogen and oxygen atoms in total. The second-order valence-corrected chi connectivity index (χ2v) is 6.35. The Balaban J connectivity index is 1.76. The first kappa shape index (κ1) is 21.0. The number of carbonyl (C=O) groups is 3. The Bertz CT molecular complexity index is 851. The number of methoxy groups -OCH3 is 1. The van der Waals surface area contributed by atoms with Crippen LogP contribution >= 0.6 is 0 Å². The average molecular weight is 383 g/mol. The molecule has 0 saturated heterocycles. The Morgan fingerprint density at radius 1 is 1.07 bits per heavy atom. The lowest BCUT2D eigenvalue weighted by Crippen LogP contribution is -2.37. The number of likely N-dealkylation sites (N-methyl/N-ethyl adjacent to an activating group) is 1. The lowest BCUT2D eigenvalue weighted by molar-refractivity contribution is -0.133. The monoisotopic (exact) mass is 383 g/mol. The molecule has 2 N–H and O–H groups in total. The summed E-state index contributed by atoms with van der Waals surface area (Å²) >= 11 is 0. The van der Waals surface area contributed by atoms with Crippen LogP contribution in [-0.4, -0.2) is 49.9 Å². The predicted octanol–water partition coefficient (Wildman–Crippen LogP) is 2.22. The number of amides is 3. The fourth-order valence-electron chi connectivity index (χ4n) is 2.60. The minimum Gasteiger partial charge on any atom is -0.497 e. The second-order valence-electron chi connectivity index (χ2n) is 6.35. The number of aryl methyl sites for hydroxylation is 1. The average Bonchev–Trinajstić information content (AvgIpc) is 2.68. The molecule has 0 aliphatic rings. The number of carbonyl (C=O) groups excluding carboxylic acids is 3. The SMILES string of the molecule is COc1cccc(NC(=O)CN(C)C(=O)CCNC(=O)c2ccccc2C)c1. The molecule has 2 rings (SSSR count). The molecule has 0 spiro atoms. The number of ether oxygens (including phenoxy) is 1. The summed E-state index contributed by atoms with van der Waals surface area (Å²) in [6, 6.07) is 14.2. The molecule has 0 heterocycles. The van der Waals surface area contributed by atoms with Crippen molar-refractivity contribution >= 4 is 23.4 Å². The van der Waals surface area contributed by atoms with Crippen LogP contribution in [0.25, 0.3) is 0 Å². The summed E-state index contributed by atoms with van der Waals surface area (Å²) in [5.41, 5.74) is 2.05. The lowest BCUT2D eigenvalue weighted by Gasteiger charge is -2.17. The largest absolute Gasteiger partial charge is 0.497 e. The van der Waals surface area contributed by atoms with E-state index in [9.17, 15) is 14.4 Å². The van der Waals surface area contributed by atoms with Crippen LogP contribution in [-0.2, 0) is 9.59 Å². The van der Waals surface area contributed by atoms with Crippen LogP contribution in [0.5, 0.6) is 5.75 Å². The third-order valence-electron chi connectivity index (χ3n) is 4.17. The van der Waals surface area contributed by atoms with E-state index in [0.29, 0.717) is 17.0 Å². The zero-order chi connectivity index (χ0) is 20.5. The zero-order valence-corrected chi connectivity index (χ0v) is 16.3. The standard InChI is InChI=1S/C21H25N3O4/c1-15-7-4-5-10-18(15)21(27)22-12-11-20(26)24(2)14-19(25)23-16-8-6-9-17(13-16)28-3/h4-10,13H,11-12,14H2,1-3H3,(H,22,27)(H,23,25). The van der Waals surface area contributed by atoms with Crippen LogP contribution in [0.4, 0.5) is 5.69 Å². The van der Waals surface area contributed by atoms with Gasteiger partial charge in [0.25, 0.3) is 5.91 Å². The number of anilines is 1. The first-order valence-corrected chi connectivity index (χ1v) is 8.92. The van der Waals surface area contributed by atoms with E-state index in [1.54, 1.807) is 50.6 Å². The highest BCUT2D eigenvalue weighted by atomic mass is 16.5. The maximum atomic E-state index is 12.2. The molecule has 0 aromatic heterocycles. The highest BCUT2D eigenvalue weighted by Gasteiger charge is 2.14. The number of rotatable bonds is 8. The molecule has 0 aliphatic carbocycles. The first-order valence-electron chi connectivity index (χ1n) is 8.92. The molecule has 0 aliphatic heterocycles. The van der Waals surface area contributed by atoms with Crippen molar-refractivity contribution in [3.05, 3.63) is 59.7 Å². The van der Waals surface area contributed by atoms with Crippen molar-refractivity contribution in [3.63, 3.8) is 0 Å². The summed E-state index contributed by atoms with van der Waals surface area (Å²) in [7, 11) is 3.10. The van der Waals surface area contributed by atoms with Gasteiger partial charge in [-0.2, -0.15) is 0 Å². The molecular weight excluding hydrogens is 358 g/mol. The fraction of sp³-hybridized carbons (Fsp3) is 0.286. The topological polar surface area (TPSA) is 87.7 Å². The molecule has 2 aromatic carbocycles. The van der Waals surface area contributed by atoms with E-state index >= 15 is 0 Å². The van der Waals surface area contributed by atoms with E-state index in [0.717, 1.165) is 5.56 Å². The minimum atomic E-state index is -0.312. The van der Waals surface area contributed by atoms with Gasteiger partial charge in [0.15, 0.2) is 0 Å². The third kappa shape index (κ3) is 6.12. The summed E-state index contributed by atoms with van der Waals surface area (Å²) < 4.78 is 5.11. The van der Waals surface area contributed by atoms with E-state index in [1.807, 2.05) is 19.1 Å². The van der Waals surface area contributed by atoms with Crippen molar-refractivity contribution in [1.82, 2.24) is 10.2 Å². The van der Waals surface area contributed by atoms with Gasteiger partial charge in [-0.15, -0.1) is 0 Å². The molecule has 0 fully saturated rings. The second kappa shape index (κ2) is 10.1. The van der Waals surface area contributed by atoms with Crippen molar-refractivity contribution in [2.24, 2.45) is 0 Å². The van der Waals surface area contributed by atoms with Gasteiger partial charge in [0.2, 0.25) is 11.8 Å². The van der Waals surface area contributed by atoms with E-state index in [4.69, 9.17) is 4.74 Å². The molecule has 3 amide bonds. The Kier molecular flexibility index (Phi) is 7.56. The van der Waals surface area contributed by atoms with Gasteiger partial charge in [-0.1, -0.05) is 24.3 Å². The molecule has 0 saturated carbocycles. The van der Waals surface area contributed by atoms with Crippen LogP contribution in [0.2, 0.25) is 0 Å². The van der Waals surface area contributed by atoms with E-state index < -0.39 is 0 Å². The normalized spacial score (nSPS) is 10.1. The molecule has 148 valence electrons. The van der Waals surface area contributed by atoms with E-state index in [2.05, 4.69) is 10.6 Å². The highest BCUT2D eigenvalue weighted by molar-refractivity contribution is 5.96. The van der Waals surface area contributed by atoms with Gasteiger partial charge in [-0.3, -0.25) is 14.4 Å². The number of benzene rings is 2. The van der Waals surface area contributed by atoms with Gasteiger partial charge < -0.3 is 20.3 Å². The van der Waals surface area contributed by atoms with Crippen molar-refractivity contribution in [2.75, 3.05) is 32.6 Å². The Hall–Kier alpha value is -3.35. The van der Waals surface area contributed by atoms with E-state index in [1.165, 1.54) is 4.90 Å². The Morgan fingerprint density at radius 3 is 2.54 bits per heavy atom. The number of nitrogens with zero attached hydrogens (tertiary/aromatic N) is 1. The Labute approximate surface area is 164 Å². The van der Waals surface area contributed by atoms with Crippen molar-refractivity contribution in [2.45, 2.75) is 13.3 Å². The molecule has 28 heavy (non-hydrogen) atoms.